The van der Waals surface area contributed by atoms with E-state index in [1.165, 1.54) is 39.7 Å². The van der Waals surface area contributed by atoms with Crippen LogP contribution in [0.3, 0.4) is 0 Å². The summed E-state index contributed by atoms with van der Waals surface area (Å²) in [6.07, 6.45) is 2.96. The van der Waals surface area contributed by atoms with E-state index in [1.807, 2.05) is 0 Å². The van der Waals surface area contributed by atoms with Crippen molar-refractivity contribution in [3.63, 3.8) is 0 Å². The van der Waals surface area contributed by atoms with Gasteiger partial charge in [-0.25, -0.2) is 4.39 Å². The topological polar surface area (TPSA) is 81.7 Å². The van der Waals surface area contributed by atoms with Gasteiger partial charge in [-0.1, -0.05) is 12.1 Å². The van der Waals surface area contributed by atoms with E-state index in [9.17, 15) is 9.18 Å². The van der Waals surface area contributed by atoms with Gasteiger partial charge in [0.25, 0.3) is 5.91 Å². The van der Waals surface area contributed by atoms with Crippen LogP contribution in [-0.2, 0) is 0 Å². The molecule has 3 rings (SSSR count). The highest BCUT2D eigenvalue weighted by Gasteiger charge is 2.14. The van der Waals surface area contributed by atoms with Gasteiger partial charge in [0.2, 0.25) is 5.75 Å². The van der Waals surface area contributed by atoms with Crippen molar-refractivity contribution < 1.29 is 23.4 Å². The summed E-state index contributed by atoms with van der Waals surface area (Å²) in [5.41, 5.74) is 1.57. The van der Waals surface area contributed by atoms with Gasteiger partial charge in [0, 0.05) is 24.0 Å². The molecule has 1 heterocycles. The van der Waals surface area contributed by atoms with Crippen LogP contribution in [0.5, 0.6) is 17.2 Å². The third-order valence-corrected chi connectivity index (χ3v) is 4.08. The van der Waals surface area contributed by atoms with Gasteiger partial charge in [0.05, 0.1) is 44.5 Å². The summed E-state index contributed by atoms with van der Waals surface area (Å²) in [6, 6.07) is 11.0. The summed E-state index contributed by atoms with van der Waals surface area (Å²) in [5, 5.41) is 5.67. The van der Waals surface area contributed by atoms with Gasteiger partial charge >= 0.3 is 0 Å². The number of ether oxygens (including phenoxy) is 3. The Kier molecular flexibility index (Phi) is 6.13. The Morgan fingerprint density at radius 3 is 2.24 bits per heavy atom. The van der Waals surface area contributed by atoms with Crippen molar-refractivity contribution in [3.8, 4) is 17.2 Å². The molecule has 2 aromatic carbocycles. The highest BCUT2D eigenvalue weighted by atomic mass is 19.1. The largest absolute Gasteiger partial charge is 0.493 e. The predicted molar refractivity (Wildman–Crippen MR) is 108 cm³/mol. The smallest absolute Gasteiger partial charge is 0.257 e. The zero-order chi connectivity index (χ0) is 20.8. The van der Waals surface area contributed by atoms with E-state index in [2.05, 4.69) is 15.6 Å². The summed E-state index contributed by atoms with van der Waals surface area (Å²) in [7, 11) is 4.57. The second-order valence-electron chi connectivity index (χ2n) is 5.94. The molecule has 0 aliphatic carbocycles. The molecule has 0 atom stereocenters. The van der Waals surface area contributed by atoms with E-state index >= 15 is 0 Å². The molecule has 0 unspecified atom stereocenters. The number of anilines is 3. The molecule has 0 radical (unpaired) electrons. The van der Waals surface area contributed by atoms with Crippen molar-refractivity contribution in [2.75, 3.05) is 32.0 Å². The van der Waals surface area contributed by atoms with Crippen molar-refractivity contribution >= 4 is 23.0 Å². The minimum atomic E-state index is -0.513. The number of para-hydroxylation sites is 1. The molecule has 29 heavy (non-hydrogen) atoms. The number of methoxy groups -OCH3 is 3. The summed E-state index contributed by atoms with van der Waals surface area (Å²) in [5.74, 6) is 0.444. The lowest BCUT2D eigenvalue weighted by Gasteiger charge is -2.15. The molecule has 8 heteroatoms. The number of hydrogen-bond acceptors (Lipinski definition) is 6. The lowest BCUT2D eigenvalue weighted by molar-refractivity contribution is 0.102. The average molecular weight is 397 g/mol. The van der Waals surface area contributed by atoms with Crippen molar-refractivity contribution in [1.82, 2.24) is 4.98 Å². The maximum atomic E-state index is 13.8. The highest BCUT2D eigenvalue weighted by molar-refractivity contribution is 6.04. The Bertz CT molecular complexity index is 1000. The molecule has 0 fully saturated rings. The van der Waals surface area contributed by atoms with Crippen LogP contribution >= 0.6 is 0 Å². The standard InChI is InChI=1S/C21H20FN3O4/c1-27-18-9-14(10-19(28-2)20(18)29-3)24-15-8-13(11-23-12-15)21(26)25-17-7-5-4-6-16(17)22/h4-12,24H,1-3H3,(H,25,26). The molecule has 3 aromatic rings. The monoisotopic (exact) mass is 397 g/mol. The first-order valence-corrected chi connectivity index (χ1v) is 8.63. The molecule has 0 aliphatic heterocycles. The van der Waals surface area contributed by atoms with Crippen molar-refractivity contribution in [2.45, 2.75) is 0 Å². The van der Waals surface area contributed by atoms with Crippen LogP contribution in [0.4, 0.5) is 21.5 Å². The van der Waals surface area contributed by atoms with Crippen LogP contribution in [0.15, 0.2) is 54.9 Å². The molecule has 150 valence electrons. The SMILES string of the molecule is COc1cc(Nc2cncc(C(=O)Nc3ccccc3F)c2)cc(OC)c1OC. The molecule has 1 aromatic heterocycles. The molecule has 1 amide bonds. The maximum Gasteiger partial charge on any atom is 0.257 e. The Balaban J connectivity index is 1.83. The quantitative estimate of drug-likeness (QED) is 0.621. The number of amides is 1. The van der Waals surface area contributed by atoms with Crippen LogP contribution < -0.4 is 24.8 Å². The molecular formula is C21H20FN3O4. The van der Waals surface area contributed by atoms with E-state index in [0.717, 1.165) is 0 Å². The number of nitrogens with zero attached hydrogens (tertiary/aromatic N) is 1. The normalized spacial score (nSPS) is 10.2. The van der Waals surface area contributed by atoms with Crippen molar-refractivity contribution in [2.24, 2.45) is 0 Å². The second kappa shape index (κ2) is 8.92. The molecule has 0 bridgehead atoms. The Morgan fingerprint density at radius 1 is 0.931 bits per heavy atom. The summed E-state index contributed by atoms with van der Waals surface area (Å²) in [6.45, 7) is 0. The number of benzene rings is 2. The Labute approximate surface area is 167 Å². The van der Waals surface area contributed by atoms with Gasteiger partial charge in [0.15, 0.2) is 11.5 Å². The number of carbonyl (C=O) groups excluding carboxylic acids is 1. The van der Waals surface area contributed by atoms with E-state index in [1.54, 1.807) is 36.5 Å². The van der Waals surface area contributed by atoms with E-state index < -0.39 is 11.7 Å². The van der Waals surface area contributed by atoms with E-state index in [0.29, 0.717) is 28.6 Å². The summed E-state index contributed by atoms with van der Waals surface area (Å²) in [4.78, 5) is 16.5. The van der Waals surface area contributed by atoms with Crippen LogP contribution in [-0.4, -0.2) is 32.2 Å². The molecule has 7 nitrogen and oxygen atoms in total. The van der Waals surface area contributed by atoms with Gasteiger partial charge in [-0.2, -0.15) is 0 Å². The van der Waals surface area contributed by atoms with Gasteiger partial charge in [0.1, 0.15) is 5.82 Å². The van der Waals surface area contributed by atoms with E-state index in [-0.39, 0.29) is 11.3 Å². The summed E-state index contributed by atoms with van der Waals surface area (Å²) >= 11 is 0. The third-order valence-electron chi connectivity index (χ3n) is 4.08. The zero-order valence-corrected chi connectivity index (χ0v) is 16.2. The lowest BCUT2D eigenvalue weighted by Crippen LogP contribution is -2.13. The zero-order valence-electron chi connectivity index (χ0n) is 16.2. The van der Waals surface area contributed by atoms with Gasteiger partial charge < -0.3 is 24.8 Å². The fraction of sp³-hybridized carbons (Fsp3) is 0.143. The van der Waals surface area contributed by atoms with Gasteiger partial charge in [-0.15, -0.1) is 0 Å². The van der Waals surface area contributed by atoms with Crippen LogP contribution in [0.1, 0.15) is 10.4 Å². The Morgan fingerprint density at radius 2 is 1.62 bits per heavy atom. The lowest BCUT2D eigenvalue weighted by atomic mass is 10.2. The number of halogens is 1. The molecule has 0 saturated heterocycles. The van der Waals surface area contributed by atoms with E-state index in [4.69, 9.17) is 14.2 Å². The molecule has 2 N–H and O–H groups in total. The average Bonchev–Trinajstić information content (AvgIpc) is 2.74. The molecule has 0 spiro atoms. The van der Waals surface area contributed by atoms with Crippen molar-refractivity contribution in [1.29, 1.82) is 0 Å². The van der Waals surface area contributed by atoms with Crippen molar-refractivity contribution in [3.05, 3.63) is 66.2 Å². The first-order valence-electron chi connectivity index (χ1n) is 8.63. The number of pyridine rings is 1. The van der Waals surface area contributed by atoms with Crippen LogP contribution in [0.2, 0.25) is 0 Å². The number of hydrogen-bond donors (Lipinski definition) is 2. The number of carbonyl (C=O) groups is 1. The third kappa shape index (κ3) is 4.55. The molecule has 0 aliphatic rings. The van der Waals surface area contributed by atoms with Gasteiger partial charge in [-0.3, -0.25) is 9.78 Å². The fourth-order valence-electron chi connectivity index (χ4n) is 2.71. The highest BCUT2D eigenvalue weighted by Crippen LogP contribution is 2.40. The maximum absolute atomic E-state index is 13.8. The first-order chi connectivity index (χ1) is 14.0. The van der Waals surface area contributed by atoms with Gasteiger partial charge in [-0.05, 0) is 18.2 Å². The summed E-state index contributed by atoms with van der Waals surface area (Å²) < 4.78 is 29.7. The molecule has 0 saturated carbocycles. The van der Waals surface area contributed by atoms with Crippen LogP contribution in [0, 0.1) is 5.82 Å². The molecular weight excluding hydrogens is 377 g/mol. The minimum absolute atomic E-state index is 0.0977. The second-order valence-corrected chi connectivity index (χ2v) is 5.94. The Hall–Kier alpha value is -3.81. The fourth-order valence-corrected chi connectivity index (χ4v) is 2.71. The number of rotatable bonds is 7. The number of aromatic nitrogens is 1. The number of nitrogens with one attached hydrogen (secondary N) is 2. The predicted octanol–water partition coefficient (Wildman–Crippen LogP) is 4.24. The first kappa shape index (κ1) is 19.9. The minimum Gasteiger partial charge on any atom is -0.493 e. The van der Waals surface area contributed by atoms with Crippen LogP contribution in [0.25, 0.3) is 0 Å².